The molecule has 0 atom stereocenters. The normalized spacial score (nSPS) is 15.0. The Balaban J connectivity index is 1.28. The smallest absolute Gasteiger partial charge is 0.179 e. The quantitative estimate of drug-likeness (QED) is 0.288. The summed E-state index contributed by atoms with van der Waals surface area (Å²) in [6.07, 6.45) is 4.41. The molecule has 0 bridgehead atoms. The number of Topliss-reactive ketones (excluding diaryl/α,β-unsaturated/α-hetero) is 1. The summed E-state index contributed by atoms with van der Waals surface area (Å²) in [5.74, 6) is 0.954. The summed E-state index contributed by atoms with van der Waals surface area (Å²) in [7, 11) is 1.67. The Labute approximate surface area is 219 Å². The van der Waals surface area contributed by atoms with E-state index in [9.17, 15) is 4.79 Å². The van der Waals surface area contributed by atoms with E-state index in [-0.39, 0.29) is 5.78 Å². The molecule has 3 aromatic carbocycles. The highest BCUT2D eigenvalue weighted by Crippen LogP contribution is 2.31. The predicted molar refractivity (Wildman–Crippen MR) is 151 cm³/mol. The number of nitrogens with zero attached hydrogens (tertiary/aromatic N) is 3. The summed E-state index contributed by atoms with van der Waals surface area (Å²) in [5.41, 5.74) is 5.35. The summed E-state index contributed by atoms with van der Waals surface area (Å²) in [4.78, 5) is 18.4. The molecule has 5 nitrogen and oxygen atoms in total. The molecule has 1 aliphatic heterocycles. The molecule has 1 aromatic heterocycles. The molecule has 0 N–H and O–H groups in total. The Hall–Kier alpha value is -3.67. The third-order valence-electron chi connectivity index (χ3n) is 7.30. The van der Waals surface area contributed by atoms with Gasteiger partial charge in [0.25, 0.3) is 0 Å². The van der Waals surface area contributed by atoms with Gasteiger partial charge < -0.3 is 9.30 Å². The molecule has 0 spiro atoms. The minimum atomic E-state index is 0.181. The topological polar surface area (TPSA) is 37.7 Å². The van der Waals surface area contributed by atoms with Crippen LogP contribution < -0.4 is 4.74 Å². The number of carbonyl (C=O) groups is 1. The summed E-state index contributed by atoms with van der Waals surface area (Å²) in [6.45, 7) is 7.91. The molecule has 1 aliphatic rings. The van der Waals surface area contributed by atoms with Gasteiger partial charge in [-0.15, -0.1) is 0 Å². The number of hydrogen-bond donors (Lipinski definition) is 0. The molecule has 0 aliphatic carbocycles. The van der Waals surface area contributed by atoms with E-state index in [2.05, 4.69) is 88.0 Å². The van der Waals surface area contributed by atoms with E-state index in [1.807, 2.05) is 24.3 Å². The van der Waals surface area contributed by atoms with Crippen molar-refractivity contribution in [2.24, 2.45) is 0 Å². The van der Waals surface area contributed by atoms with Crippen LogP contribution in [0.5, 0.6) is 5.75 Å². The Morgan fingerprint density at radius 1 is 0.892 bits per heavy atom. The zero-order valence-corrected chi connectivity index (χ0v) is 21.8. The van der Waals surface area contributed by atoms with Crippen molar-refractivity contribution in [2.45, 2.75) is 13.5 Å². The molecule has 0 radical (unpaired) electrons. The van der Waals surface area contributed by atoms with Crippen LogP contribution >= 0.6 is 0 Å². The lowest BCUT2D eigenvalue weighted by Gasteiger charge is -2.33. The minimum Gasteiger partial charge on any atom is -0.497 e. The molecular formula is C32H35N3O2. The van der Waals surface area contributed by atoms with Gasteiger partial charge in [-0.2, -0.15) is 0 Å². The number of ether oxygens (including phenoxy) is 1. The number of rotatable bonds is 9. The van der Waals surface area contributed by atoms with Gasteiger partial charge in [-0.3, -0.25) is 14.6 Å². The van der Waals surface area contributed by atoms with Crippen molar-refractivity contribution in [1.82, 2.24) is 14.4 Å². The second-order valence-electron chi connectivity index (χ2n) is 9.73. The monoisotopic (exact) mass is 493 g/mol. The van der Waals surface area contributed by atoms with Crippen molar-refractivity contribution in [3.05, 3.63) is 107 Å². The lowest BCUT2D eigenvalue weighted by molar-refractivity contribution is 0.0866. The first kappa shape index (κ1) is 25.0. The van der Waals surface area contributed by atoms with Crippen molar-refractivity contribution >= 4 is 22.8 Å². The van der Waals surface area contributed by atoms with E-state index in [0.717, 1.165) is 67.2 Å². The fourth-order valence-electron chi connectivity index (χ4n) is 5.22. The van der Waals surface area contributed by atoms with Crippen molar-refractivity contribution in [1.29, 1.82) is 0 Å². The minimum absolute atomic E-state index is 0.181. The summed E-state index contributed by atoms with van der Waals surface area (Å²) in [5, 5.41) is 0.975. The van der Waals surface area contributed by atoms with Crippen LogP contribution in [0.15, 0.2) is 84.9 Å². The van der Waals surface area contributed by atoms with Gasteiger partial charge in [0.05, 0.1) is 13.7 Å². The molecule has 0 unspecified atom stereocenters. The Morgan fingerprint density at radius 2 is 1.57 bits per heavy atom. The summed E-state index contributed by atoms with van der Waals surface area (Å²) in [6, 6.07) is 26.9. The molecule has 1 saturated heterocycles. The molecule has 0 amide bonds. The highest BCUT2D eigenvalue weighted by atomic mass is 16.5. The van der Waals surface area contributed by atoms with Gasteiger partial charge in [-0.05, 0) is 36.2 Å². The molecule has 37 heavy (non-hydrogen) atoms. The zero-order chi connectivity index (χ0) is 25.6. The van der Waals surface area contributed by atoms with E-state index in [0.29, 0.717) is 6.54 Å². The van der Waals surface area contributed by atoms with Crippen molar-refractivity contribution < 1.29 is 9.53 Å². The van der Waals surface area contributed by atoms with Gasteiger partial charge in [0.2, 0.25) is 0 Å². The number of piperazine rings is 1. The fraction of sp³-hybridized carbons (Fsp3) is 0.281. The Bertz CT molecular complexity index is 1370. The molecule has 1 fully saturated rings. The van der Waals surface area contributed by atoms with Crippen LogP contribution in [0.2, 0.25) is 0 Å². The maximum atomic E-state index is 13.7. The van der Waals surface area contributed by atoms with Gasteiger partial charge in [-0.1, -0.05) is 72.8 Å². The molecule has 190 valence electrons. The van der Waals surface area contributed by atoms with Crippen molar-refractivity contribution in [2.75, 3.05) is 46.4 Å². The standard InChI is InChI=1S/C32H35N3O2/c1-25-32(29-22-28(37-2)15-16-30(29)35(25)23-27-12-7-4-8-13-27)31(36)24-34-20-18-33(19-21-34)17-9-14-26-10-5-3-6-11-26/h3-16,22H,17-21,23-24H2,1-2H3. The van der Waals surface area contributed by atoms with Gasteiger partial charge in [0, 0.05) is 61.4 Å². The maximum absolute atomic E-state index is 13.7. The Morgan fingerprint density at radius 3 is 2.27 bits per heavy atom. The Kier molecular flexibility index (Phi) is 7.83. The highest BCUT2D eigenvalue weighted by Gasteiger charge is 2.24. The number of ketones is 1. The number of carbonyl (C=O) groups excluding carboxylic acids is 1. The third-order valence-corrected chi connectivity index (χ3v) is 7.30. The number of methoxy groups -OCH3 is 1. The van der Waals surface area contributed by atoms with Gasteiger partial charge in [-0.25, -0.2) is 0 Å². The van der Waals surface area contributed by atoms with Crippen LogP contribution in [0.3, 0.4) is 0 Å². The van der Waals surface area contributed by atoms with Crippen molar-refractivity contribution in [3.8, 4) is 5.75 Å². The third kappa shape index (κ3) is 5.85. The maximum Gasteiger partial charge on any atom is 0.179 e. The highest BCUT2D eigenvalue weighted by molar-refractivity contribution is 6.10. The SMILES string of the molecule is COc1ccc2c(c1)c(C(=O)CN1CCN(CC=Cc3ccccc3)CC1)c(C)n2Cc1ccccc1. The number of benzene rings is 3. The number of hydrogen-bond acceptors (Lipinski definition) is 4. The lowest BCUT2D eigenvalue weighted by atomic mass is 10.1. The average Bonchev–Trinajstić information content (AvgIpc) is 3.21. The van der Waals surface area contributed by atoms with E-state index in [4.69, 9.17) is 4.74 Å². The van der Waals surface area contributed by atoms with E-state index in [1.54, 1.807) is 7.11 Å². The second kappa shape index (κ2) is 11.6. The molecule has 4 aromatic rings. The van der Waals surface area contributed by atoms with Crippen molar-refractivity contribution in [3.63, 3.8) is 0 Å². The lowest BCUT2D eigenvalue weighted by Crippen LogP contribution is -2.47. The zero-order valence-electron chi connectivity index (χ0n) is 21.8. The molecular weight excluding hydrogens is 458 g/mol. The van der Waals surface area contributed by atoms with Crippen LogP contribution in [-0.4, -0.2) is 66.5 Å². The first-order chi connectivity index (χ1) is 18.1. The summed E-state index contributed by atoms with van der Waals surface area (Å²) < 4.78 is 7.76. The molecule has 2 heterocycles. The molecule has 0 saturated carbocycles. The average molecular weight is 494 g/mol. The molecule has 5 rings (SSSR count). The second-order valence-corrected chi connectivity index (χ2v) is 9.73. The van der Waals surface area contributed by atoms with Crippen LogP contribution in [0.25, 0.3) is 17.0 Å². The fourth-order valence-corrected chi connectivity index (χ4v) is 5.22. The van der Waals surface area contributed by atoms with Gasteiger partial charge >= 0.3 is 0 Å². The number of fused-ring (bicyclic) bond motifs is 1. The van der Waals surface area contributed by atoms with Crippen LogP contribution in [0.1, 0.15) is 27.2 Å². The predicted octanol–water partition coefficient (Wildman–Crippen LogP) is 5.52. The van der Waals surface area contributed by atoms with E-state index in [1.165, 1.54) is 11.1 Å². The van der Waals surface area contributed by atoms with Crippen LogP contribution in [0.4, 0.5) is 0 Å². The van der Waals surface area contributed by atoms with Crippen LogP contribution in [-0.2, 0) is 6.54 Å². The number of aromatic nitrogens is 1. The van der Waals surface area contributed by atoms with Gasteiger partial charge in [0.1, 0.15) is 5.75 Å². The van der Waals surface area contributed by atoms with Gasteiger partial charge in [0.15, 0.2) is 5.78 Å². The van der Waals surface area contributed by atoms with E-state index < -0.39 is 0 Å². The first-order valence-corrected chi connectivity index (χ1v) is 13.0. The van der Waals surface area contributed by atoms with E-state index >= 15 is 0 Å². The summed E-state index contributed by atoms with van der Waals surface area (Å²) >= 11 is 0. The molecule has 5 heteroatoms. The largest absolute Gasteiger partial charge is 0.497 e. The van der Waals surface area contributed by atoms with Crippen LogP contribution in [0, 0.1) is 6.92 Å². The first-order valence-electron chi connectivity index (χ1n) is 13.0.